The lowest BCUT2D eigenvalue weighted by molar-refractivity contribution is -0.117. The first kappa shape index (κ1) is 17.0. The number of hydrogen-bond donors (Lipinski definition) is 1. The van der Waals surface area contributed by atoms with Crippen LogP contribution < -0.4 is 5.32 Å². The number of hydrogen-bond acceptors (Lipinski definition) is 3. The van der Waals surface area contributed by atoms with Crippen molar-refractivity contribution < 1.29 is 4.74 Å². The van der Waals surface area contributed by atoms with Crippen LogP contribution in [0.2, 0.25) is 0 Å². The largest absolute Gasteiger partial charge is 0.378 e. The van der Waals surface area contributed by atoms with Crippen LogP contribution in [0.1, 0.15) is 53.9 Å². The van der Waals surface area contributed by atoms with Crippen molar-refractivity contribution in [3.05, 3.63) is 11.6 Å². The van der Waals surface area contributed by atoms with Gasteiger partial charge in [-0.25, -0.2) is 0 Å². The zero-order chi connectivity index (χ0) is 15.5. The van der Waals surface area contributed by atoms with Crippen molar-refractivity contribution in [2.75, 3.05) is 26.2 Å². The van der Waals surface area contributed by atoms with Crippen molar-refractivity contribution in [3.63, 3.8) is 0 Å². The highest BCUT2D eigenvalue weighted by Crippen LogP contribution is 2.43. The molecule has 0 bridgehead atoms. The third kappa shape index (κ3) is 4.30. The molecule has 0 aromatic rings. The molecular weight excluding hydrogens is 260 g/mol. The van der Waals surface area contributed by atoms with Gasteiger partial charge in [0.15, 0.2) is 0 Å². The Morgan fingerprint density at radius 2 is 1.95 bits per heavy atom. The van der Waals surface area contributed by atoms with Gasteiger partial charge in [0.25, 0.3) is 0 Å². The fraction of sp³-hybridized carbons (Fsp3) is 0.889. The summed E-state index contributed by atoms with van der Waals surface area (Å²) in [5.41, 5.74) is 1.71. The minimum atomic E-state index is 0.287. The van der Waals surface area contributed by atoms with Crippen molar-refractivity contribution in [2.45, 2.75) is 72.1 Å². The van der Waals surface area contributed by atoms with Crippen LogP contribution in [0, 0.1) is 5.41 Å². The molecule has 0 amide bonds. The zero-order valence-corrected chi connectivity index (χ0v) is 14.6. The number of ether oxygens (including phenoxy) is 1. The first-order valence-corrected chi connectivity index (χ1v) is 8.66. The van der Waals surface area contributed by atoms with Gasteiger partial charge >= 0.3 is 0 Å². The van der Waals surface area contributed by atoms with Crippen LogP contribution in [0.5, 0.6) is 0 Å². The predicted octanol–water partition coefficient (Wildman–Crippen LogP) is 3.21. The van der Waals surface area contributed by atoms with Crippen LogP contribution in [0.25, 0.3) is 0 Å². The summed E-state index contributed by atoms with van der Waals surface area (Å²) in [6, 6.07) is 1.32. The number of rotatable bonds is 6. The SMILES string of the molecule is CCOC1CC(NC2CCN(CC=C(C)C)CC2)C1(C)C. The van der Waals surface area contributed by atoms with E-state index in [0.717, 1.165) is 13.2 Å². The van der Waals surface area contributed by atoms with Crippen molar-refractivity contribution >= 4 is 0 Å². The molecule has 0 aromatic heterocycles. The maximum Gasteiger partial charge on any atom is 0.0655 e. The molecule has 1 N–H and O–H groups in total. The monoisotopic (exact) mass is 294 g/mol. The van der Waals surface area contributed by atoms with Crippen LogP contribution in [-0.4, -0.2) is 49.3 Å². The van der Waals surface area contributed by atoms with E-state index in [1.54, 1.807) is 0 Å². The minimum Gasteiger partial charge on any atom is -0.378 e. The van der Waals surface area contributed by atoms with Gasteiger partial charge in [0, 0.05) is 30.7 Å². The maximum atomic E-state index is 5.83. The zero-order valence-electron chi connectivity index (χ0n) is 14.6. The van der Waals surface area contributed by atoms with Gasteiger partial charge in [0.1, 0.15) is 0 Å². The molecule has 1 saturated carbocycles. The maximum absolute atomic E-state index is 5.83. The van der Waals surface area contributed by atoms with Gasteiger partial charge in [-0.05, 0) is 53.1 Å². The van der Waals surface area contributed by atoms with Crippen molar-refractivity contribution in [1.29, 1.82) is 0 Å². The average molecular weight is 294 g/mol. The van der Waals surface area contributed by atoms with Gasteiger partial charge in [-0.2, -0.15) is 0 Å². The standard InChI is InChI=1S/C18H34N2O/c1-6-21-17-13-16(18(17,4)5)19-15-8-11-20(12-9-15)10-7-14(2)3/h7,15-17,19H,6,8-13H2,1-5H3. The third-order valence-corrected chi connectivity index (χ3v) is 5.33. The Balaban J connectivity index is 1.71. The van der Waals surface area contributed by atoms with Crippen molar-refractivity contribution in [2.24, 2.45) is 5.41 Å². The molecule has 1 saturated heterocycles. The van der Waals surface area contributed by atoms with E-state index in [2.05, 4.69) is 50.9 Å². The van der Waals surface area contributed by atoms with Crippen molar-refractivity contribution in [3.8, 4) is 0 Å². The second kappa shape index (κ2) is 7.26. The molecule has 0 aromatic carbocycles. The number of likely N-dealkylation sites (tertiary alicyclic amines) is 1. The van der Waals surface area contributed by atoms with Gasteiger partial charge < -0.3 is 10.1 Å². The fourth-order valence-corrected chi connectivity index (χ4v) is 3.53. The predicted molar refractivity (Wildman–Crippen MR) is 89.6 cm³/mol. The quantitative estimate of drug-likeness (QED) is 0.761. The minimum absolute atomic E-state index is 0.287. The molecule has 1 aliphatic heterocycles. The lowest BCUT2D eigenvalue weighted by Gasteiger charge is -2.53. The highest BCUT2D eigenvalue weighted by Gasteiger charge is 2.49. The number of allylic oxidation sites excluding steroid dienone is 1. The van der Waals surface area contributed by atoms with E-state index in [9.17, 15) is 0 Å². The Morgan fingerprint density at radius 1 is 1.29 bits per heavy atom. The molecule has 2 aliphatic rings. The van der Waals surface area contributed by atoms with Crippen LogP contribution in [0.3, 0.4) is 0 Å². The summed E-state index contributed by atoms with van der Waals surface area (Å²) in [5.74, 6) is 0. The molecule has 1 aliphatic carbocycles. The summed E-state index contributed by atoms with van der Waals surface area (Å²) in [4.78, 5) is 2.57. The molecule has 2 fully saturated rings. The number of piperidine rings is 1. The normalized spacial score (nSPS) is 30.0. The van der Waals surface area contributed by atoms with Gasteiger partial charge in [0.05, 0.1) is 6.10 Å². The Labute approximate surface area is 131 Å². The summed E-state index contributed by atoms with van der Waals surface area (Å²) in [5, 5.41) is 3.90. The molecule has 1 heterocycles. The average Bonchev–Trinajstić information content (AvgIpc) is 2.45. The van der Waals surface area contributed by atoms with E-state index in [4.69, 9.17) is 4.74 Å². The van der Waals surface area contributed by atoms with Crippen LogP contribution in [-0.2, 0) is 4.74 Å². The molecular formula is C18H34N2O. The lowest BCUT2D eigenvalue weighted by atomic mass is 9.64. The first-order valence-electron chi connectivity index (χ1n) is 8.66. The molecule has 0 radical (unpaired) electrons. The van der Waals surface area contributed by atoms with Gasteiger partial charge in [-0.15, -0.1) is 0 Å². The van der Waals surface area contributed by atoms with E-state index < -0.39 is 0 Å². The summed E-state index contributed by atoms with van der Waals surface area (Å²) in [7, 11) is 0. The summed E-state index contributed by atoms with van der Waals surface area (Å²) in [6.45, 7) is 15.6. The molecule has 122 valence electrons. The molecule has 2 atom stereocenters. The molecule has 3 nitrogen and oxygen atoms in total. The van der Waals surface area contributed by atoms with Gasteiger partial charge in [-0.1, -0.05) is 25.5 Å². The second-order valence-electron chi connectivity index (χ2n) is 7.58. The topological polar surface area (TPSA) is 24.5 Å². The van der Waals surface area contributed by atoms with E-state index in [0.29, 0.717) is 18.2 Å². The fourth-order valence-electron chi connectivity index (χ4n) is 3.53. The summed E-state index contributed by atoms with van der Waals surface area (Å²) >= 11 is 0. The first-order chi connectivity index (χ1) is 9.93. The van der Waals surface area contributed by atoms with Crippen molar-refractivity contribution in [1.82, 2.24) is 10.2 Å². The Hall–Kier alpha value is -0.380. The Kier molecular flexibility index (Phi) is 5.87. The van der Waals surface area contributed by atoms with E-state index >= 15 is 0 Å². The van der Waals surface area contributed by atoms with Gasteiger partial charge in [0.2, 0.25) is 0 Å². The molecule has 21 heavy (non-hydrogen) atoms. The summed E-state index contributed by atoms with van der Waals surface area (Å²) < 4.78 is 5.83. The van der Waals surface area contributed by atoms with E-state index in [1.165, 1.54) is 37.9 Å². The molecule has 0 spiro atoms. The molecule has 2 unspecified atom stereocenters. The second-order valence-corrected chi connectivity index (χ2v) is 7.58. The summed E-state index contributed by atoms with van der Waals surface area (Å²) in [6.07, 6.45) is 6.52. The van der Waals surface area contributed by atoms with E-state index in [-0.39, 0.29) is 5.41 Å². The van der Waals surface area contributed by atoms with E-state index in [1.807, 2.05) is 0 Å². The number of nitrogens with zero attached hydrogens (tertiary/aromatic N) is 1. The van der Waals surface area contributed by atoms with Gasteiger partial charge in [-0.3, -0.25) is 4.90 Å². The third-order valence-electron chi connectivity index (χ3n) is 5.33. The van der Waals surface area contributed by atoms with Crippen LogP contribution >= 0.6 is 0 Å². The molecule has 2 rings (SSSR count). The van der Waals surface area contributed by atoms with Crippen LogP contribution in [0.4, 0.5) is 0 Å². The van der Waals surface area contributed by atoms with Crippen LogP contribution in [0.15, 0.2) is 11.6 Å². The lowest BCUT2D eigenvalue weighted by Crippen LogP contribution is -2.63. The molecule has 3 heteroatoms. The Morgan fingerprint density at radius 3 is 2.48 bits per heavy atom. The Bertz CT molecular complexity index is 352. The highest BCUT2D eigenvalue weighted by molar-refractivity contribution is 5.04. The number of nitrogens with one attached hydrogen (secondary N) is 1. The smallest absolute Gasteiger partial charge is 0.0655 e. The highest BCUT2D eigenvalue weighted by atomic mass is 16.5.